The molecular weight excluding hydrogens is 1500 g/mol. The second-order valence-electron chi connectivity index (χ2n) is 31.3. The molecule has 554 valence electrons. The lowest BCUT2D eigenvalue weighted by atomic mass is 9.30. The average molecular weight is 1570 g/mol. The summed E-state index contributed by atoms with van der Waals surface area (Å²) in [6.07, 6.45) is 0. The number of anilines is 18. The summed E-state index contributed by atoms with van der Waals surface area (Å²) in [7, 11) is 0. The zero-order valence-electron chi connectivity index (χ0n) is 64.3. The molecule has 21 aromatic rings. The summed E-state index contributed by atoms with van der Waals surface area (Å²) in [5, 5.41) is 7.44. The van der Waals surface area contributed by atoms with Gasteiger partial charge in [0.25, 0.3) is 13.4 Å². The summed E-state index contributed by atoms with van der Waals surface area (Å²) in [5.74, 6) is 0. The topological polar surface area (TPSA) is 19.4 Å². The smallest absolute Gasteiger partial charge is 0.252 e. The minimum Gasteiger partial charge on any atom is -0.311 e. The van der Waals surface area contributed by atoms with Gasteiger partial charge in [-0.2, -0.15) is 0 Å². The molecule has 0 saturated carbocycles. The Hall–Kier alpha value is -14.5. The van der Waals surface area contributed by atoms with Gasteiger partial charge in [0.05, 0.1) is 38.8 Å². The van der Waals surface area contributed by atoms with Crippen LogP contribution in [0.25, 0.3) is 82.8 Å². The van der Waals surface area contributed by atoms with Gasteiger partial charge in [-0.3, -0.25) is 0 Å². The van der Waals surface area contributed by atoms with Crippen molar-refractivity contribution in [1.82, 2.24) is 0 Å². The van der Waals surface area contributed by atoms with E-state index < -0.39 is 0 Å². The van der Waals surface area contributed by atoms with Crippen LogP contribution < -0.4 is 62.2 Å². The molecule has 4 aliphatic heterocycles. The molecule has 3 aromatic heterocycles. The van der Waals surface area contributed by atoms with E-state index in [4.69, 9.17) is 0 Å². The molecule has 7 heterocycles. The Morgan fingerprint density at radius 3 is 1.11 bits per heavy atom. The maximum absolute atomic E-state index is 2.71. The Morgan fingerprint density at radius 2 is 0.580 bits per heavy atom. The molecule has 0 atom stereocenters. The Labute approximate surface area is 701 Å². The molecule has 4 aliphatic rings. The van der Waals surface area contributed by atoms with E-state index >= 15 is 0 Å². The zero-order chi connectivity index (χ0) is 77.9. The minimum atomic E-state index is -0.279. The van der Waals surface area contributed by atoms with Crippen molar-refractivity contribution in [2.24, 2.45) is 0 Å². The highest BCUT2D eigenvalue weighted by Crippen LogP contribution is 2.57. The van der Waals surface area contributed by atoms with Gasteiger partial charge < -0.3 is 29.4 Å². The van der Waals surface area contributed by atoms with E-state index in [1.165, 1.54) is 93.3 Å². The number of hydrogen-bond donors (Lipinski definition) is 0. The fraction of sp³-hybridized carbons (Fsp3) is 0. The third-order valence-electron chi connectivity index (χ3n) is 24.9. The van der Waals surface area contributed by atoms with Gasteiger partial charge in [-0.15, -0.1) is 34.0 Å². The van der Waals surface area contributed by atoms with Gasteiger partial charge in [0.15, 0.2) is 0 Å². The molecule has 0 unspecified atom stereocenters. The highest BCUT2D eigenvalue weighted by Gasteiger charge is 2.50. The van der Waals surface area contributed by atoms with E-state index in [2.05, 4.69) is 442 Å². The van der Waals surface area contributed by atoms with E-state index in [-0.39, 0.29) is 13.4 Å². The van der Waals surface area contributed by atoms with Gasteiger partial charge >= 0.3 is 0 Å². The third kappa shape index (κ3) is 10.4. The van der Waals surface area contributed by atoms with Crippen molar-refractivity contribution in [2.75, 3.05) is 29.4 Å². The summed E-state index contributed by atoms with van der Waals surface area (Å²) < 4.78 is 7.48. The molecule has 0 N–H and O–H groups in total. The lowest BCUT2D eigenvalue weighted by Crippen LogP contribution is -2.65. The largest absolute Gasteiger partial charge is 0.311 e. The summed E-state index contributed by atoms with van der Waals surface area (Å²) >= 11 is 5.62. The van der Waals surface area contributed by atoms with Crippen LogP contribution in [0.2, 0.25) is 0 Å². The Bertz CT molecular complexity index is 7630. The summed E-state index contributed by atoms with van der Waals surface area (Å²) in [4.78, 5) is 15.7. The van der Waals surface area contributed by atoms with Crippen molar-refractivity contribution in [2.45, 2.75) is 0 Å². The van der Waals surface area contributed by atoms with E-state index in [9.17, 15) is 0 Å². The molecule has 119 heavy (non-hydrogen) atoms. The molecular formula is C108H68B2N6S3. The van der Waals surface area contributed by atoms with Gasteiger partial charge in [0.2, 0.25) is 0 Å². The molecule has 18 aromatic carbocycles. The maximum atomic E-state index is 2.71. The predicted octanol–water partition coefficient (Wildman–Crippen LogP) is 27.2. The van der Waals surface area contributed by atoms with Crippen molar-refractivity contribution in [3.63, 3.8) is 0 Å². The van der Waals surface area contributed by atoms with Crippen molar-refractivity contribution in [1.29, 1.82) is 0 Å². The molecule has 0 radical (unpaired) electrons. The van der Waals surface area contributed by atoms with Crippen molar-refractivity contribution < 1.29 is 0 Å². The maximum Gasteiger partial charge on any atom is 0.252 e. The van der Waals surface area contributed by atoms with Crippen molar-refractivity contribution >= 4 is 243 Å². The second kappa shape index (κ2) is 27.1. The van der Waals surface area contributed by atoms with E-state index in [0.717, 1.165) is 125 Å². The fourth-order valence-corrected chi connectivity index (χ4v) is 23.6. The predicted molar refractivity (Wildman–Crippen MR) is 513 cm³/mol. The van der Waals surface area contributed by atoms with Crippen LogP contribution in [-0.2, 0) is 0 Å². The molecule has 0 spiro atoms. The number of benzene rings is 18. The molecule has 6 nitrogen and oxygen atoms in total. The lowest BCUT2D eigenvalue weighted by molar-refractivity contribution is 1.22. The standard InChI is InChI=1S/C108H68B2N6S3/c1-7-33-69(34-8-1)77-48-29-49-78(70-35-9-2-10-36-70)107(77)112(72-39-13-4-14-40-72)76-65-95-106-96(66-76)115(89-55-31-61-101-103(89)81-46-20-27-59-99(81)117-101)88-54-25-23-52-84(88)110(106)85-67-86-93(68-92(85)114(95)74-43-17-6-18-44-74)116(90-56-32-62-102-104(90)82-47-21-28-60-100(82)118-102)97-64-75(63-94-105(97)109(86)83-51-22-24-53-87(83)113(94)73-41-15-5-16-42-73)111(71-37-11-3-12-38-71)91-57-30-50-80-79-45-19-26-58-98(79)119-108(80)91/h1-68H. The highest BCUT2D eigenvalue weighted by molar-refractivity contribution is 7.27. The first-order valence-corrected chi connectivity index (χ1v) is 43.2. The molecule has 0 amide bonds. The monoisotopic (exact) mass is 1570 g/mol. The van der Waals surface area contributed by atoms with Crippen LogP contribution in [0.1, 0.15) is 0 Å². The number of nitrogens with zero attached hydrogens (tertiary/aromatic N) is 6. The van der Waals surface area contributed by atoms with Crippen LogP contribution in [0.4, 0.5) is 102 Å². The van der Waals surface area contributed by atoms with Crippen LogP contribution in [0.15, 0.2) is 413 Å². The van der Waals surface area contributed by atoms with Crippen LogP contribution in [0.5, 0.6) is 0 Å². The van der Waals surface area contributed by atoms with Crippen molar-refractivity contribution in [3.8, 4) is 22.3 Å². The average Bonchev–Trinajstić information content (AvgIpc) is 1.43. The number of para-hydroxylation sites is 7. The van der Waals surface area contributed by atoms with Crippen LogP contribution >= 0.6 is 34.0 Å². The van der Waals surface area contributed by atoms with Crippen molar-refractivity contribution in [3.05, 3.63) is 413 Å². The van der Waals surface area contributed by atoms with E-state index in [0.29, 0.717) is 0 Å². The Kier molecular flexibility index (Phi) is 15.4. The number of thiophene rings is 3. The van der Waals surface area contributed by atoms with Gasteiger partial charge in [-0.05, 0) is 183 Å². The molecule has 25 rings (SSSR count). The number of rotatable bonds is 12. The SMILES string of the molecule is c1ccc(-c2cccc(-c3ccccc3)c2N(c2ccccc2)c2cc3c4c(c2)N(c2cccc5sc6ccccc6c25)c2ccccc2B4c2cc4c(cc2N3c2ccccc2)N(c2cccc3sc5ccccc5c23)c2cc(N(c3ccccc3)c3cccc5c3sc3ccccc35)cc3c2B4c2ccccc2N3c2ccccc2)cc1. The number of fused-ring (bicyclic) bond motifs is 17. The first-order chi connectivity index (χ1) is 59.1. The third-order valence-corrected chi connectivity index (χ3v) is 28.4. The zero-order valence-corrected chi connectivity index (χ0v) is 66.8. The molecule has 0 saturated heterocycles. The summed E-state index contributed by atoms with van der Waals surface area (Å²) in [6.45, 7) is -0.536. The second-order valence-corrected chi connectivity index (χ2v) is 34.5. The minimum absolute atomic E-state index is 0.257. The normalized spacial score (nSPS) is 12.9. The Morgan fingerprint density at radius 1 is 0.218 bits per heavy atom. The number of hydrogen-bond acceptors (Lipinski definition) is 9. The Balaban J connectivity index is 0.827. The molecule has 0 fully saturated rings. The van der Waals surface area contributed by atoms with E-state index in [1.54, 1.807) is 0 Å². The van der Waals surface area contributed by atoms with Gasteiger partial charge in [-0.1, -0.05) is 273 Å². The summed E-state index contributed by atoms with van der Waals surface area (Å²) in [5.41, 5.74) is 31.6. The molecule has 0 bridgehead atoms. The summed E-state index contributed by atoms with van der Waals surface area (Å²) in [6, 6.07) is 155. The van der Waals surface area contributed by atoms with Crippen LogP contribution in [0, 0.1) is 0 Å². The van der Waals surface area contributed by atoms with Gasteiger partial charge in [-0.25, -0.2) is 0 Å². The first kappa shape index (κ1) is 67.8. The van der Waals surface area contributed by atoms with E-state index in [1.807, 2.05) is 34.0 Å². The quantitative estimate of drug-likeness (QED) is 0.113. The molecule has 11 heteroatoms. The molecule has 0 aliphatic carbocycles. The highest BCUT2D eigenvalue weighted by atomic mass is 32.1. The van der Waals surface area contributed by atoms with Gasteiger partial charge in [0.1, 0.15) is 0 Å². The lowest BCUT2D eigenvalue weighted by Gasteiger charge is -2.48. The van der Waals surface area contributed by atoms with Crippen LogP contribution in [-0.4, -0.2) is 13.4 Å². The van der Waals surface area contributed by atoms with Gasteiger partial charge in [0, 0.05) is 135 Å². The first-order valence-electron chi connectivity index (χ1n) is 40.8. The fourth-order valence-electron chi connectivity index (χ4n) is 20.1. The van der Waals surface area contributed by atoms with Crippen LogP contribution in [0.3, 0.4) is 0 Å².